The minimum Gasteiger partial charge on any atom is -0.446 e. The van der Waals surface area contributed by atoms with E-state index in [1.807, 2.05) is 43.0 Å². The van der Waals surface area contributed by atoms with Gasteiger partial charge in [-0.1, -0.05) is 24.3 Å². The first-order valence-corrected chi connectivity index (χ1v) is 15.5. The van der Waals surface area contributed by atoms with Crippen LogP contribution in [0.5, 0.6) is 0 Å². The van der Waals surface area contributed by atoms with Crippen molar-refractivity contribution in [1.29, 1.82) is 0 Å². The van der Waals surface area contributed by atoms with Crippen molar-refractivity contribution in [3.05, 3.63) is 64.2 Å². The normalized spacial score (nSPS) is 21.0. The molecule has 2 unspecified atom stereocenters. The van der Waals surface area contributed by atoms with Gasteiger partial charge < -0.3 is 19.4 Å². The van der Waals surface area contributed by atoms with E-state index in [0.29, 0.717) is 44.3 Å². The molecule has 8 nitrogen and oxygen atoms in total. The van der Waals surface area contributed by atoms with E-state index in [1.165, 1.54) is 5.56 Å². The Kier molecular flexibility index (Phi) is 9.21. The van der Waals surface area contributed by atoms with E-state index >= 15 is 0 Å². The van der Waals surface area contributed by atoms with Gasteiger partial charge in [-0.3, -0.25) is 14.5 Å². The molecule has 0 spiro atoms. The lowest BCUT2D eigenvalue weighted by atomic mass is 10.0. The Hall–Kier alpha value is -3.39. The van der Waals surface area contributed by atoms with Crippen LogP contribution in [0.2, 0.25) is 0 Å². The van der Waals surface area contributed by atoms with Crippen LogP contribution in [-0.2, 0) is 9.53 Å². The molecule has 2 aromatic carbocycles. The molecule has 8 heteroatoms. The third kappa shape index (κ3) is 6.64. The van der Waals surface area contributed by atoms with Gasteiger partial charge in [-0.2, -0.15) is 0 Å². The number of carbonyl (C=O) groups is 3. The average molecular weight is 575 g/mol. The first kappa shape index (κ1) is 30.1. The number of anilines is 1. The van der Waals surface area contributed by atoms with E-state index < -0.39 is 0 Å². The van der Waals surface area contributed by atoms with Crippen LogP contribution in [0.15, 0.2) is 36.4 Å². The molecule has 226 valence electrons. The van der Waals surface area contributed by atoms with Gasteiger partial charge in [0.25, 0.3) is 5.91 Å². The van der Waals surface area contributed by atoms with Gasteiger partial charge in [-0.15, -0.1) is 0 Å². The fourth-order valence-electron chi connectivity index (χ4n) is 6.92. The minimum absolute atomic E-state index is 0.0725. The highest BCUT2D eigenvalue weighted by atomic mass is 16.6. The average Bonchev–Trinajstić information content (AvgIpc) is 3.52. The number of hydrogen-bond acceptors (Lipinski definition) is 5. The van der Waals surface area contributed by atoms with Crippen molar-refractivity contribution in [1.82, 2.24) is 14.7 Å². The van der Waals surface area contributed by atoms with Crippen LogP contribution in [0, 0.1) is 39.5 Å². The van der Waals surface area contributed by atoms with Crippen LogP contribution in [0.3, 0.4) is 0 Å². The number of likely N-dealkylation sites (tertiary alicyclic amines) is 3. The molecule has 3 saturated heterocycles. The number of amides is 3. The van der Waals surface area contributed by atoms with Gasteiger partial charge in [0, 0.05) is 76.8 Å². The number of aryl methyl sites for hydroxylation is 4. The Balaban J connectivity index is 1.15. The smallest absolute Gasteiger partial charge is 0.414 e. The minimum atomic E-state index is -0.307. The highest BCUT2D eigenvalue weighted by Gasteiger charge is 2.42. The molecule has 2 atom stereocenters. The Morgan fingerprint density at radius 2 is 1.48 bits per heavy atom. The molecule has 3 aliphatic rings. The molecule has 2 aromatic rings. The molecule has 0 aliphatic carbocycles. The fourth-order valence-corrected chi connectivity index (χ4v) is 6.92. The second-order valence-corrected chi connectivity index (χ2v) is 12.6. The Morgan fingerprint density at radius 1 is 0.833 bits per heavy atom. The molecular formula is C34H46N4O4. The summed E-state index contributed by atoms with van der Waals surface area (Å²) in [5, 5.41) is 0. The van der Waals surface area contributed by atoms with E-state index in [2.05, 4.69) is 35.8 Å². The maximum absolute atomic E-state index is 13.4. The molecule has 0 radical (unpaired) electrons. The molecule has 3 fully saturated rings. The zero-order valence-electron chi connectivity index (χ0n) is 25.9. The van der Waals surface area contributed by atoms with E-state index in [-0.39, 0.29) is 24.0 Å². The lowest BCUT2D eigenvalue weighted by molar-refractivity contribution is -0.130. The SMILES string of the molecule is CC(=O)N1CCC(OC(=O)N(CCCN2CC3CN(C(=O)c4c(C)cccc4C)CC3C2)c2ccc(C)c(C)c2)CC1. The molecular weight excluding hydrogens is 528 g/mol. The summed E-state index contributed by atoms with van der Waals surface area (Å²) < 4.78 is 5.97. The van der Waals surface area contributed by atoms with Crippen LogP contribution in [-0.4, -0.2) is 91.1 Å². The fraction of sp³-hybridized carbons (Fsp3) is 0.559. The number of rotatable bonds is 7. The van der Waals surface area contributed by atoms with Gasteiger partial charge in [0.2, 0.25) is 5.91 Å². The summed E-state index contributed by atoms with van der Waals surface area (Å²) in [5.41, 5.74) is 6.16. The van der Waals surface area contributed by atoms with Crippen LogP contribution in [0.1, 0.15) is 58.8 Å². The summed E-state index contributed by atoms with van der Waals surface area (Å²) in [7, 11) is 0. The standard InChI is InChI=1S/C34H46N4O4/c1-23-10-11-30(18-26(23)4)38(34(41)42-31-12-16-36(17-13-31)27(5)39)15-7-14-35-19-28-21-37(22-29(28)20-35)33(40)32-24(2)8-6-9-25(32)3/h6,8-11,18,28-29,31H,7,12-17,19-22H2,1-5H3. The van der Waals surface area contributed by atoms with Gasteiger partial charge in [-0.25, -0.2) is 4.79 Å². The summed E-state index contributed by atoms with van der Waals surface area (Å²) in [6.07, 6.45) is 1.71. The topological polar surface area (TPSA) is 73.4 Å². The second kappa shape index (κ2) is 12.9. The number of fused-ring (bicyclic) bond motifs is 1. The molecule has 5 rings (SSSR count). The number of nitrogens with zero attached hydrogens (tertiary/aromatic N) is 4. The zero-order valence-corrected chi connectivity index (χ0v) is 25.9. The van der Waals surface area contributed by atoms with Gasteiger partial charge in [0.05, 0.1) is 0 Å². The van der Waals surface area contributed by atoms with Crippen molar-refractivity contribution in [2.45, 2.75) is 60.0 Å². The number of carbonyl (C=O) groups excluding carboxylic acids is 3. The largest absolute Gasteiger partial charge is 0.446 e. The van der Waals surface area contributed by atoms with E-state index in [9.17, 15) is 14.4 Å². The Morgan fingerprint density at radius 3 is 2.07 bits per heavy atom. The molecule has 0 N–H and O–H groups in total. The van der Waals surface area contributed by atoms with Crippen LogP contribution < -0.4 is 4.90 Å². The van der Waals surface area contributed by atoms with E-state index in [1.54, 1.807) is 11.8 Å². The third-order valence-electron chi connectivity index (χ3n) is 9.58. The van der Waals surface area contributed by atoms with Crippen LogP contribution >= 0.6 is 0 Å². The lowest BCUT2D eigenvalue weighted by Gasteiger charge is -2.32. The predicted molar refractivity (Wildman–Crippen MR) is 165 cm³/mol. The Bertz CT molecular complexity index is 1280. The van der Waals surface area contributed by atoms with Crippen molar-refractivity contribution in [2.75, 3.05) is 57.3 Å². The van der Waals surface area contributed by atoms with Crippen molar-refractivity contribution in [3.8, 4) is 0 Å². The first-order chi connectivity index (χ1) is 20.1. The molecule has 3 heterocycles. The van der Waals surface area contributed by atoms with Gasteiger partial charge in [-0.05, 0) is 86.9 Å². The maximum Gasteiger partial charge on any atom is 0.414 e. The highest BCUT2D eigenvalue weighted by molar-refractivity contribution is 5.97. The molecule has 0 saturated carbocycles. The summed E-state index contributed by atoms with van der Waals surface area (Å²) >= 11 is 0. The number of hydrogen-bond donors (Lipinski definition) is 0. The number of ether oxygens (including phenoxy) is 1. The van der Waals surface area contributed by atoms with Crippen molar-refractivity contribution in [2.24, 2.45) is 11.8 Å². The van der Waals surface area contributed by atoms with Crippen molar-refractivity contribution < 1.29 is 19.1 Å². The van der Waals surface area contributed by atoms with Crippen LogP contribution in [0.4, 0.5) is 10.5 Å². The zero-order chi connectivity index (χ0) is 30.0. The molecule has 3 aliphatic heterocycles. The number of piperidine rings is 1. The molecule has 0 bridgehead atoms. The van der Waals surface area contributed by atoms with Gasteiger partial charge in [0.15, 0.2) is 0 Å². The summed E-state index contributed by atoms with van der Waals surface area (Å²) in [5.74, 6) is 1.24. The predicted octanol–water partition coefficient (Wildman–Crippen LogP) is 4.97. The van der Waals surface area contributed by atoms with E-state index in [4.69, 9.17) is 4.74 Å². The summed E-state index contributed by atoms with van der Waals surface area (Å²) in [4.78, 5) is 46.6. The summed E-state index contributed by atoms with van der Waals surface area (Å²) in [6.45, 7) is 16.1. The summed E-state index contributed by atoms with van der Waals surface area (Å²) in [6, 6.07) is 12.2. The first-order valence-electron chi connectivity index (χ1n) is 15.5. The number of benzene rings is 2. The van der Waals surface area contributed by atoms with Gasteiger partial charge >= 0.3 is 6.09 Å². The monoisotopic (exact) mass is 574 g/mol. The van der Waals surface area contributed by atoms with Crippen molar-refractivity contribution >= 4 is 23.6 Å². The quantitative estimate of drug-likeness (QED) is 0.467. The lowest BCUT2D eigenvalue weighted by Crippen LogP contribution is -2.43. The second-order valence-electron chi connectivity index (χ2n) is 12.6. The third-order valence-corrected chi connectivity index (χ3v) is 9.58. The van der Waals surface area contributed by atoms with Gasteiger partial charge in [0.1, 0.15) is 6.10 Å². The highest BCUT2D eigenvalue weighted by Crippen LogP contribution is 2.33. The molecule has 0 aromatic heterocycles. The molecule has 42 heavy (non-hydrogen) atoms. The van der Waals surface area contributed by atoms with E-state index in [0.717, 1.165) is 67.1 Å². The maximum atomic E-state index is 13.4. The Labute approximate surface area is 250 Å². The molecule has 3 amide bonds. The van der Waals surface area contributed by atoms with Crippen LogP contribution in [0.25, 0.3) is 0 Å². The van der Waals surface area contributed by atoms with Crippen molar-refractivity contribution in [3.63, 3.8) is 0 Å².